The van der Waals surface area contributed by atoms with E-state index in [1.54, 1.807) is 0 Å². The molecule has 1 aromatic heterocycles. The Morgan fingerprint density at radius 2 is 2.04 bits per heavy atom. The van der Waals surface area contributed by atoms with Crippen LogP contribution >= 0.6 is 0 Å². The van der Waals surface area contributed by atoms with Crippen LogP contribution in [-0.4, -0.2) is 34.6 Å². The highest BCUT2D eigenvalue weighted by Crippen LogP contribution is 2.58. The Bertz CT molecular complexity index is 852. The van der Waals surface area contributed by atoms with Crippen molar-refractivity contribution in [2.24, 2.45) is 0 Å². The summed E-state index contributed by atoms with van der Waals surface area (Å²) < 4.78 is 7.61. The van der Waals surface area contributed by atoms with Gasteiger partial charge in [-0.25, -0.2) is 4.79 Å². The van der Waals surface area contributed by atoms with Gasteiger partial charge in [0.1, 0.15) is 5.54 Å². The highest BCUT2D eigenvalue weighted by Gasteiger charge is 2.61. The second-order valence-corrected chi connectivity index (χ2v) is 6.88. The zero-order valence-electron chi connectivity index (χ0n) is 13.7. The van der Waals surface area contributed by atoms with Gasteiger partial charge in [0, 0.05) is 25.0 Å². The molecular weight excluding hydrogens is 300 g/mol. The number of benzene rings is 1. The number of hydrogen-bond acceptors (Lipinski definition) is 3. The Hall–Kier alpha value is -2.33. The first-order valence-electron chi connectivity index (χ1n) is 8.56. The van der Waals surface area contributed by atoms with Gasteiger partial charge < -0.3 is 9.30 Å². The van der Waals surface area contributed by atoms with Gasteiger partial charge in [-0.15, -0.1) is 0 Å². The van der Waals surface area contributed by atoms with Crippen molar-refractivity contribution in [1.82, 2.24) is 9.47 Å². The summed E-state index contributed by atoms with van der Waals surface area (Å²) in [6, 6.07) is 14.9. The molecule has 4 nitrogen and oxygen atoms in total. The lowest BCUT2D eigenvalue weighted by atomic mass is 9.82. The molecule has 0 spiro atoms. The largest absolute Gasteiger partial charge is 0.467 e. The lowest BCUT2D eigenvalue weighted by Gasteiger charge is -2.35. The smallest absolute Gasteiger partial charge is 0.331 e. The molecule has 0 bridgehead atoms. The van der Waals surface area contributed by atoms with Crippen molar-refractivity contribution in [1.29, 1.82) is 0 Å². The van der Waals surface area contributed by atoms with Gasteiger partial charge in [-0.3, -0.25) is 4.90 Å². The lowest BCUT2D eigenvalue weighted by molar-refractivity contribution is -0.149. The molecule has 0 aliphatic carbocycles. The van der Waals surface area contributed by atoms with Crippen LogP contribution < -0.4 is 0 Å². The van der Waals surface area contributed by atoms with Crippen LogP contribution in [0.4, 0.5) is 0 Å². The third-order valence-corrected chi connectivity index (χ3v) is 5.88. The number of aromatic nitrogens is 1. The molecule has 5 rings (SSSR count). The van der Waals surface area contributed by atoms with E-state index < -0.39 is 5.54 Å². The quantitative estimate of drug-likeness (QED) is 0.798. The van der Waals surface area contributed by atoms with E-state index >= 15 is 0 Å². The van der Waals surface area contributed by atoms with Gasteiger partial charge in [-0.2, -0.15) is 0 Å². The summed E-state index contributed by atoms with van der Waals surface area (Å²) in [5, 5.41) is 0. The standard InChI is InChI=1S/C20H20N2O2/c1-24-19(23)20-10-6-12-22(20)18-15(13-21-11-5-9-16(18)21)17(20)14-7-3-2-4-8-14/h2-5,7-9,11,18H,6,10,12-13H2,1H3/t18-,20-/m1/s1. The van der Waals surface area contributed by atoms with Gasteiger partial charge in [-0.05, 0) is 41.7 Å². The molecule has 1 aromatic carbocycles. The van der Waals surface area contributed by atoms with Crippen LogP contribution in [0.3, 0.4) is 0 Å². The van der Waals surface area contributed by atoms with Crippen molar-refractivity contribution in [3.05, 3.63) is 65.5 Å². The van der Waals surface area contributed by atoms with Crippen LogP contribution in [0, 0.1) is 0 Å². The van der Waals surface area contributed by atoms with E-state index in [4.69, 9.17) is 4.74 Å². The second kappa shape index (κ2) is 4.84. The molecule has 0 N–H and O–H groups in total. The molecule has 4 heterocycles. The average Bonchev–Trinajstić information content (AvgIpc) is 3.32. The summed E-state index contributed by atoms with van der Waals surface area (Å²) >= 11 is 0. The Kier molecular flexibility index (Phi) is 2.83. The molecule has 0 saturated carbocycles. The van der Waals surface area contributed by atoms with Gasteiger partial charge in [0.05, 0.1) is 13.2 Å². The molecule has 2 aromatic rings. The van der Waals surface area contributed by atoms with Gasteiger partial charge in [-0.1, -0.05) is 30.3 Å². The van der Waals surface area contributed by atoms with Crippen molar-refractivity contribution in [2.45, 2.75) is 31.0 Å². The number of carbonyl (C=O) groups is 1. The SMILES string of the molecule is COC(=O)[C@]12CCCN1[C@@H]1C(=C2c2ccccc2)Cn2cccc21. The topological polar surface area (TPSA) is 34.5 Å². The number of fused-ring (bicyclic) bond motifs is 5. The van der Waals surface area contributed by atoms with Crippen LogP contribution in [-0.2, 0) is 16.1 Å². The van der Waals surface area contributed by atoms with Crippen molar-refractivity contribution in [2.75, 3.05) is 13.7 Å². The summed E-state index contributed by atoms with van der Waals surface area (Å²) in [7, 11) is 1.51. The van der Waals surface area contributed by atoms with E-state index in [9.17, 15) is 4.79 Å². The number of hydrogen-bond donors (Lipinski definition) is 0. The number of rotatable bonds is 2. The van der Waals surface area contributed by atoms with E-state index in [2.05, 4.69) is 52.1 Å². The van der Waals surface area contributed by atoms with Gasteiger partial charge >= 0.3 is 5.97 Å². The molecular formula is C20H20N2O2. The zero-order chi connectivity index (χ0) is 16.3. The summed E-state index contributed by atoms with van der Waals surface area (Å²) in [5.41, 5.74) is 4.37. The molecule has 1 fully saturated rings. The van der Waals surface area contributed by atoms with Crippen LogP contribution in [0.25, 0.3) is 5.57 Å². The van der Waals surface area contributed by atoms with Crippen LogP contribution in [0.15, 0.2) is 54.2 Å². The van der Waals surface area contributed by atoms with Crippen molar-refractivity contribution in [3.8, 4) is 0 Å². The van der Waals surface area contributed by atoms with Gasteiger partial charge in [0.15, 0.2) is 0 Å². The molecule has 2 atom stereocenters. The van der Waals surface area contributed by atoms with Crippen molar-refractivity contribution < 1.29 is 9.53 Å². The lowest BCUT2D eigenvalue weighted by Crippen LogP contribution is -2.49. The van der Waals surface area contributed by atoms with Crippen LogP contribution in [0.2, 0.25) is 0 Å². The molecule has 4 heteroatoms. The first-order valence-corrected chi connectivity index (χ1v) is 8.56. The fourth-order valence-electron chi connectivity index (χ4n) is 5.07. The molecule has 0 unspecified atom stereocenters. The maximum Gasteiger partial charge on any atom is 0.331 e. The zero-order valence-corrected chi connectivity index (χ0v) is 13.7. The van der Waals surface area contributed by atoms with E-state index in [1.165, 1.54) is 23.9 Å². The van der Waals surface area contributed by atoms with Gasteiger partial charge in [0.2, 0.25) is 0 Å². The van der Waals surface area contributed by atoms with E-state index in [0.717, 1.165) is 31.5 Å². The number of methoxy groups -OCH3 is 1. The molecule has 0 radical (unpaired) electrons. The summed E-state index contributed by atoms with van der Waals surface area (Å²) in [6.45, 7) is 1.80. The van der Waals surface area contributed by atoms with Crippen molar-refractivity contribution >= 4 is 11.5 Å². The fourth-order valence-corrected chi connectivity index (χ4v) is 5.07. The third-order valence-electron chi connectivity index (χ3n) is 5.88. The maximum absolute atomic E-state index is 13.0. The summed E-state index contributed by atoms with van der Waals surface area (Å²) in [4.78, 5) is 15.4. The summed E-state index contributed by atoms with van der Waals surface area (Å²) in [5.74, 6) is -0.112. The number of carbonyl (C=O) groups excluding carboxylic acids is 1. The minimum absolute atomic E-state index is 0.112. The predicted octanol–water partition coefficient (Wildman–Crippen LogP) is 3.02. The number of nitrogens with zero attached hydrogens (tertiary/aromatic N) is 2. The molecule has 122 valence electrons. The Balaban J connectivity index is 1.79. The Labute approximate surface area is 141 Å². The van der Waals surface area contributed by atoms with Crippen LogP contribution in [0.5, 0.6) is 0 Å². The highest BCUT2D eigenvalue weighted by molar-refractivity contribution is 6.01. The van der Waals surface area contributed by atoms with Gasteiger partial charge in [0.25, 0.3) is 0 Å². The summed E-state index contributed by atoms with van der Waals surface area (Å²) in [6.07, 6.45) is 4.00. The van der Waals surface area contributed by atoms with E-state index in [0.29, 0.717) is 0 Å². The first kappa shape index (κ1) is 14.1. The number of esters is 1. The molecule has 3 aliphatic heterocycles. The maximum atomic E-state index is 13.0. The molecule has 0 amide bonds. The van der Waals surface area contributed by atoms with E-state index in [-0.39, 0.29) is 12.0 Å². The third kappa shape index (κ3) is 1.54. The number of ether oxygens (including phenoxy) is 1. The molecule has 3 aliphatic rings. The predicted molar refractivity (Wildman–Crippen MR) is 91.2 cm³/mol. The van der Waals surface area contributed by atoms with Crippen LogP contribution in [0.1, 0.15) is 30.1 Å². The monoisotopic (exact) mass is 320 g/mol. The average molecular weight is 320 g/mol. The fraction of sp³-hybridized carbons (Fsp3) is 0.350. The normalized spacial score (nSPS) is 28.0. The highest BCUT2D eigenvalue weighted by atomic mass is 16.5. The minimum atomic E-state index is -0.619. The van der Waals surface area contributed by atoms with E-state index in [1.807, 2.05) is 6.07 Å². The second-order valence-electron chi connectivity index (χ2n) is 6.88. The Morgan fingerprint density at radius 1 is 1.21 bits per heavy atom. The Morgan fingerprint density at radius 3 is 2.83 bits per heavy atom. The minimum Gasteiger partial charge on any atom is -0.467 e. The van der Waals surface area contributed by atoms with Crippen molar-refractivity contribution in [3.63, 3.8) is 0 Å². The molecule has 24 heavy (non-hydrogen) atoms. The molecule has 1 saturated heterocycles. The first-order chi connectivity index (χ1) is 11.8.